The van der Waals surface area contributed by atoms with Crippen LogP contribution in [0.15, 0.2) is 30.5 Å². The van der Waals surface area contributed by atoms with Crippen molar-refractivity contribution >= 4 is 23.3 Å². The van der Waals surface area contributed by atoms with Gasteiger partial charge < -0.3 is 10.3 Å². The molecule has 0 saturated heterocycles. The van der Waals surface area contributed by atoms with Gasteiger partial charge in [-0.3, -0.25) is 0 Å². The molecule has 1 heterocycles. The van der Waals surface area contributed by atoms with Gasteiger partial charge in [-0.05, 0) is 24.6 Å². The predicted molar refractivity (Wildman–Crippen MR) is 72.4 cm³/mol. The van der Waals surface area contributed by atoms with E-state index in [-0.39, 0.29) is 12.4 Å². The molecule has 3 nitrogen and oxygen atoms in total. The molecular formula is C13H16ClN3. The highest BCUT2D eigenvalue weighted by molar-refractivity contribution is 5.85. The lowest BCUT2D eigenvalue weighted by atomic mass is 10.1. The lowest BCUT2D eigenvalue weighted by Gasteiger charge is -2.01. The van der Waals surface area contributed by atoms with Gasteiger partial charge in [0.15, 0.2) is 0 Å². The van der Waals surface area contributed by atoms with Crippen molar-refractivity contribution in [2.45, 2.75) is 12.8 Å². The van der Waals surface area contributed by atoms with Crippen LogP contribution >= 0.6 is 12.4 Å². The van der Waals surface area contributed by atoms with Crippen molar-refractivity contribution < 1.29 is 0 Å². The fraction of sp³-hybridized carbons (Fsp3) is 0.308. The summed E-state index contributed by atoms with van der Waals surface area (Å²) in [6.45, 7) is 1.70. The van der Waals surface area contributed by atoms with Gasteiger partial charge >= 0.3 is 0 Å². The SMILES string of the molecule is Cl.N#CCCNCCc1c[nH]c2ccccc12. The van der Waals surface area contributed by atoms with Gasteiger partial charge in [0.2, 0.25) is 0 Å². The zero-order valence-corrected chi connectivity index (χ0v) is 10.4. The Labute approximate surface area is 107 Å². The monoisotopic (exact) mass is 249 g/mol. The minimum Gasteiger partial charge on any atom is -0.361 e. The number of hydrogen-bond donors (Lipinski definition) is 2. The summed E-state index contributed by atoms with van der Waals surface area (Å²) in [5.74, 6) is 0. The van der Waals surface area contributed by atoms with Crippen LogP contribution in [-0.4, -0.2) is 18.1 Å². The first kappa shape index (κ1) is 13.6. The third-order valence-corrected chi connectivity index (χ3v) is 2.66. The predicted octanol–water partition coefficient (Wildman–Crippen LogP) is 2.64. The van der Waals surface area contributed by atoms with Gasteiger partial charge in [-0.25, -0.2) is 0 Å². The summed E-state index contributed by atoms with van der Waals surface area (Å²) in [7, 11) is 0. The summed E-state index contributed by atoms with van der Waals surface area (Å²) in [4.78, 5) is 3.26. The van der Waals surface area contributed by atoms with E-state index in [9.17, 15) is 0 Å². The number of nitriles is 1. The van der Waals surface area contributed by atoms with Crippen LogP contribution in [0.1, 0.15) is 12.0 Å². The molecule has 0 aliphatic rings. The largest absolute Gasteiger partial charge is 0.361 e. The highest BCUT2D eigenvalue weighted by atomic mass is 35.5. The standard InChI is InChI=1S/C13H15N3.ClH/c14-7-3-8-15-9-6-11-10-16-13-5-2-1-4-12(11)13;/h1-2,4-5,10,15-16H,3,6,8-9H2;1H. The first-order valence-corrected chi connectivity index (χ1v) is 5.54. The molecule has 0 bridgehead atoms. The number of hydrogen-bond acceptors (Lipinski definition) is 2. The smallest absolute Gasteiger partial charge is 0.0635 e. The normalized spacial score (nSPS) is 9.82. The van der Waals surface area contributed by atoms with Gasteiger partial charge in [0.1, 0.15) is 0 Å². The number of aromatic nitrogens is 1. The molecule has 0 atom stereocenters. The fourth-order valence-corrected chi connectivity index (χ4v) is 1.83. The molecule has 0 amide bonds. The average molecular weight is 250 g/mol. The number of aromatic amines is 1. The zero-order valence-electron chi connectivity index (χ0n) is 9.57. The highest BCUT2D eigenvalue weighted by Crippen LogP contribution is 2.17. The van der Waals surface area contributed by atoms with E-state index in [0.717, 1.165) is 19.5 Å². The number of para-hydroxylation sites is 1. The molecule has 0 unspecified atom stereocenters. The molecule has 0 saturated carbocycles. The maximum absolute atomic E-state index is 8.40. The van der Waals surface area contributed by atoms with Crippen LogP contribution < -0.4 is 5.32 Å². The van der Waals surface area contributed by atoms with Gasteiger partial charge in [0, 0.05) is 30.1 Å². The Balaban J connectivity index is 0.00000144. The maximum atomic E-state index is 8.40. The van der Waals surface area contributed by atoms with Gasteiger partial charge in [-0.2, -0.15) is 5.26 Å². The summed E-state index contributed by atoms with van der Waals surface area (Å²) >= 11 is 0. The zero-order chi connectivity index (χ0) is 11.2. The molecule has 2 aromatic rings. The Hall–Kier alpha value is -1.50. The first-order chi connectivity index (χ1) is 7.92. The second-order valence-electron chi connectivity index (χ2n) is 3.77. The number of rotatable bonds is 5. The summed E-state index contributed by atoms with van der Waals surface area (Å²) in [5.41, 5.74) is 2.52. The molecule has 2 N–H and O–H groups in total. The number of fused-ring (bicyclic) bond motifs is 1. The molecule has 2 rings (SSSR count). The van der Waals surface area contributed by atoms with Crippen molar-refractivity contribution in [3.63, 3.8) is 0 Å². The summed E-state index contributed by atoms with van der Waals surface area (Å²) in [6, 6.07) is 10.4. The lowest BCUT2D eigenvalue weighted by molar-refractivity contribution is 0.694. The molecule has 0 fully saturated rings. The van der Waals surface area contributed by atoms with Crippen molar-refractivity contribution in [1.29, 1.82) is 5.26 Å². The Kier molecular flexibility index (Phi) is 5.55. The van der Waals surface area contributed by atoms with Crippen LogP contribution in [0.3, 0.4) is 0 Å². The Morgan fingerprint density at radius 2 is 2.06 bits per heavy atom. The lowest BCUT2D eigenvalue weighted by Crippen LogP contribution is -2.17. The van der Waals surface area contributed by atoms with Crippen LogP contribution in [0.4, 0.5) is 0 Å². The average Bonchev–Trinajstić information content (AvgIpc) is 2.73. The van der Waals surface area contributed by atoms with Crippen LogP contribution in [0, 0.1) is 11.3 Å². The van der Waals surface area contributed by atoms with Crippen molar-refractivity contribution in [2.24, 2.45) is 0 Å². The summed E-state index contributed by atoms with van der Waals surface area (Å²) in [6.07, 6.45) is 3.64. The van der Waals surface area contributed by atoms with E-state index in [2.05, 4.69) is 40.8 Å². The van der Waals surface area contributed by atoms with Crippen LogP contribution in [0.25, 0.3) is 10.9 Å². The van der Waals surface area contributed by atoms with E-state index in [1.165, 1.54) is 16.5 Å². The van der Waals surface area contributed by atoms with Crippen LogP contribution in [-0.2, 0) is 6.42 Å². The van der Waals surface area contributed by atoms with Gasteiger partial charge in [-0.15, -0.1) is 12.4 Å². The number of benzene rings is 1. The van der Waals surface area contributed by atoms with E-state index in [1.54, 1.807) is 0 Å². The Morgan fingerprint density at radius 1 is 1.24 bits per heavy atom. The third-order valence-electron chi connectivity index (χ3n) is 2.66. The molecular weight excluding hydrogens is 234 g/mol. The Morgan fingerprint density at radius 3 is 2.88 bits per heavy atom. The van der Waals surface area contributed by atoms with Gasteiger partial charge in [-0.1, -0.05) is 18.2 Å². The fourth-order valence-electron chi connectivity index (χ4n) is 1.83. The van der Waals surface area contributed by atoms with Crippen LogP contribution in [0.2, 0.25) is 0 Å². The molecule has 1 aromatic heterocycles. The van der Waals surface area contributed by atoms with E-state index < -0.39 is 0 Å². The van der Waals surface area contributed by atoms with Gasteiger partial charge in [0.05, 0.1) is 6.07 Å². The number of H-pyrrole nitrogens is 1. The van der Waals surface area contributed by atoms with Crippen molar-refractivity contribution in [3.05, 3.63) is 36.0 Å². The highest BCUT2D eigenvalue weighted by Gasteiger charge is 2.01. The van der Waals surface area contributed by atoms with E-state index >= 15 is 0 Å². The van der Waals surface area contributed by atoms with Crippen molar-refractivity contribution in [1.82, 2.24) is 10.3 Å². The first-order valence-electron chi connectivity index (χ1n) is 5.54. The van der Waals surface area contributed by atoms with E-state index in [1.807, 2.05) is 6.07 Å². The van der Waals surface area contributed by atoms with Crippen molar-refractivity contribution in [2.75, 3.05) is 13.1 Å². The quantitative estimate of drug-likeness (QED) is 0.801. The van der Waals surface area contributed by atoms with E-state index in [4.69, 9.17) is 5.26 Å². The number of nitrogens with zero attached hydrogens (tertiary/aromatic N) is 1. The molecule has 1 aromatic carbocycles. The van der Waals surface area contributed by atoms with Crippen LogP contribution in [0.5, 0.6) is 0 Å². The molecule has 4 heteroatoms. The Bertz CT molecular complexity index is 499. The molecule has 0 spiro atoms. The maximum Gasteiger partial charge on any atom is 0.0635 e. The molecule has 0 radical (unpaired) electrons. The summed E-state index contributed by atoms with van der Waals surface area (Å²) in [5, 5.41) is 12.9. The second kappa shape index (κ2) is 6.95. The van der Waals surface area contributed by atoms with E-state index in [0.29, 0.717) is 6.42 Å². The summed E-state index contributed by atoms with van der Waals surface area (Å²) < 4.78 is 0. The molecule has 0 aliphatic heterocycles. The molecule has 17 heavy (non-hydrogen) atoms. The molecule has 0 aliphatic carbocycles. The number of halogens is 1. The number of nitrogens with one attached hydrogen (secondary N) is 2. The minimum atomic E-state index is 0. The minimum absolute atomic E-state index is 0. The van der Waals surface area contributed by atoms with Crippen molar-refractivity contribution in [3.8, 4) is 6.07 Å². The topological polar surface area (TPSA) is 51.6 Å². The third kappa shape index (κ3) is 3.48. The molecule has 90 valence electrons. The van der Waals surface area contributed by atoms with Gasteiger partial charge in [0.25, 0.3) is 0 Å². The second-order valence-corrected chi connectivity index (χ2v) is 3.77.